The van der Waals surface area contributed by atoms with Crippen LogP contribution < -0.4 is 9.47 Å². The number of aliphatic imine (C=N–C) groups is 2. The first-order valence-electron chi connectivity index (χ1n) is 8.20. The fourth-order valence-electron chi connectivity index (χ4n) is 2.94. The maximum atomic E-state index is 5.95. The molecule has 0 N–H and O–H groups in total. The predicted molar refractivity (Wildman–Crippen MR) is 92.5 cm³/mol. The predicted octanol–water partition coefficient (Wildman–Crippen LogP) is 2.15. The molecule has 0 aromatic heterocycles. The van der Waals surface area contributed by atoms with Crippen LogP contribution in [-0.2, 0) is 0 Å². The molecule has 6 nitrogen and oxygen atoms in total. The Morgan fingerprint density at radius 1 is 1.26 bits per heavy atom. The summed E-state index contributed by atoms with van der Waals surface area (Å²) in [4.78, 5) is 13.5. The molecule has 1 aromatic carbocycles. The van der Waals surface area contributed by atoms with E-state index >= 15 is 0 Å². The molecule has 0 aliphatic carbocycles. The second-order valence-corrected chi connectivity index (χ2v) is 5.51. The molecule has 0 radical (unpaired) electrons. The highest BCUT2D eigenvalue weighted by Gasteiger charge is 2.27. The highest BCUT2D eigenvalue weighted by atomic mass is 16.5. The number of likely N-dealkylation sites (N-methyl/N-ethyl adjacent to an activating group) is 1. The maximum absolute atomic E-state index is 5.95. The highest BCUT2D eigenvalue weighted by Crippen LogP contribution is 2.42. The Hall–Kier alpha value is -2.08. The van der Waals surface area contributed by atoms with Crippen molar-refractivity contribution in [3.05, 3.63) is 17.7 Å². The quantitative estimate of drug-likeness (QED) is 0.773. The molecule has 23 heavy (non-hydrogen) atoms. The van der Waals surface area contributed by atoms with E-state index in [0.29, 0.717) is 12.4 Å². The van der Waals surface area contributed by atoms with E-state index in [-0.39, 0.29) is 0 Å². The Morgan fingerprint density at radius 3 is 2.83 bits per heavy atom. The van der Waals surface area contributed by atoms with E-state index in [4.69, 9.17) is 9.47 Å². The monoisotopic (exact) mass is 316 g/mol. The third-order valence-corrected chi connectivity index (χ3v) is 4.30. The number of rotatable bonds is 7. The summed E-state index contributed by atoms with van der Waals surface area (Å²) in [6.45, 7) is 9.61. The molecule has 2 aliphatic heterocycles. The Labute approximate surface area is 137 Å². The molecule has 1 aromatic rings. The van der Waals surface area contributed by atoms with Gasteiger partial charge in [0.1, 0.15) is 18.1 Å². The summed E-state index contributed by atoms with van der Waals surface area (Å²) in [6.07, 6.45) is 1.83. The van der Waals surface area contributed by atoms with Crippen molar-refractivity contribution < 1.29 is 9.47 Å². The average Bonchev–Trinajstić information content (AvgIpc) is 3.07. The van der Waals surface area contributed by atoms with Crippen molar-refractivity contribution in [1.29, 1.82) is 0 Å². The van der Waals surface area contributed by atoms with Crippen LogP contribution in [0.4, 0.5) is 5.69 Å². The van der Waals surface area contributed by atoms with Crippen molar-refractivity contribution in [3.63, 3.8) is 0 Å². The van der Waals surface area contributed by atoms with Crippen molar-refractivity contribution in [3.8, 4) is 11.5 Å². The molecule has 0 bridgehead atoms. The molecule has 124 valence electrons. The molecule has 2 heterocycles. The van der Waals surface area contributed by atoms with Crippen molar-refractivity contribution in [2.24, 2.45) is 9.98 Å². The van der Waals surface area contributed by atoms with E-state index in [1.807, 2.05) is 18.5 Å². The van der Waals surface area contributed by atoms with Gasteiger partial charge in [0, 0.05) is 18.7 Å². The van der Waals surface area contributed by atoms with Crippen molar-refractivity contribution in [2.75, 3.05) is 46.4 Å². The lowest BCUT2D eigenvalue weighted by molar-refractivity contribution is 0.217. The van der Waals surface area contributed by atoms with Crippen LogP contribution in [0.3, 0.4) is 0 Å². The Kier molecular flexibility index (Phi) is 4.81. The molecule has 6 heteroatoms. The van der Waals surface area contributed by atoms with Gasteiger partial charge in [-0.3, -0.25) is 4.99 Å². The molecular weight excluding hydrogens is 292 g/mol. The number of benzene rings is 1. The van der Waals surface area contributed by atoms with E-state index in [1.54, 1.807) is 7.11 Å². The lowest BCUT2D eigenvalue weighted by Gasteiger charge is -2.23. The van der Waals surface area contributed by atoms with E-state index in [0.717, 1.165) is 55.6 Å². The number of hydrogen-bond donors (Lipinski definition) is 0. The SMILES string of the molecule is CCN(CC)CCOc1ccc2c(c1OC)N=CN1CCN=C21. The minimum Gasteiger partial charge on any atom is -0.491 e. The summed E-state index contributed by atoms with van der Waals surface area (Å²) in [7, 11) is 1.66. The van der Waals surface area contributed by atoms with Gasteiger partial charge >= 0.3 is 0 Å². The van der Waals surface area contributed by atoms with E-state index in [1.165, 1.54) is 0 Å². The largest absolute Gasteiger partial charge is 0.491 e. The van der Waals surface area contributed by atoms with E-state index < -0.39 is 0 Å². The molecule has 0 fully saturated rings. The lowest BCUT2D eigenvalue weighted by atomic mass is 10.1. The number of fused-ring (bicyclic) bond motifs is 3. The van der Waals surface area contributed by atoms with Gasteiger partial charge in [0.25, 0.3) is 0 Å². The molecule has 3 rings (SSSR count). The van der Waals surface area contributed by atoms with Crippen LogP contribution in [0, 0.1) is 0 Å². The van der Waals surface area contributed by atoms with E-state index in [9.17, 15) is 0 Å². The van der Waals surface area contributed by atoms with Gasteiger partial charge in [-0.15, -0.1) is 0 Å². The topological polar surface area (TPSA) is 49.7 Å². The zero-order valence-corrected chi connectivity index (χ0v) is 14.1. The second kappa shape index (κ2) is 7.00. The maximum Gasteiger partial charge on any atom is 0.187 e. The minimum absolute atomic E-state index is 0.633. The molecule has 0 atom stereocenters. The van der Waals surface area contributed by atoms with Crippen LogP contribution in [0.1, 0.15) is 19.4 Å². The van der Waals surface area contributed by atoms with Crippen LogP contribution in [0.5, 0.6) is 11.5 Å². The highest BCUT2D eigenvalue weighted by molar-refractivity contribution is 6.12. The normalized spacial score (nSPS) is 15.5. The minimum atomic E-state index is 0.633. The molecule has 0 spiro atoms. The lowest BCUT2D eigenvalue weighted by Crippen LogP contribution is -2.29. The van der Waals surface area contributed by atoms with Gasteiger partial charge < -0.3 is 19.3 Å². The summed E-state index contributed by atoms with van der Waals surface area (Å²) >= 11 is 0. The fraction of sp³-hybridized carbons (Fsp3) is 0.529. The molecule has 0 saturated carbocycles. The molecule has 0 unspecified atom stereocenters. The van der Waals surface area contributed by atoms with Crippen molar-refractivity contribution >= 4 is 17.9 Å². The first kappa shape index (κ1) is 15.8. The Balaban J connectivity index is 1.80. The fourth-order valence-corrected chi connectivity index (χ4v) is 2.94. The number of methoxy groups -OCH3 is 1. The number of ether oxygens (including phenoxy) is 2. The van der Waals surface area contributed by atoms with Gasteiger partial charge in [-0.1, -0.05) is 13.8 Å². The zero-order chi connectivity index (χ0) is 16.2. The van der Waals surface area contributed by atoms with Crippen LogP contribution >= 0.6 is 0 Å². The Bertz CT molecular complexity index is 623. The summed E-state index contributed by atoms with van der Waals surface area (Å²) in [6, 6.07) is 3.98. The number of nitrogens with zero attached hydrogens (tertiary/aromatic N) is 4. The number of hydrogen-bond acceptors (Lipinski definition) is 6. The molecule has 0 saturated heterocycles. The van der Waals surface area contributed by atoms with Gasteiger partial charge in [-0.25, -0.2) is 4.99 Å². The van der Waals surface area contributed by atoms with Gasteiger partial charge in [0.15, 0.2) is 11.5 Å². The molecule has 2 aliphatic rings. The first-order valence-corrected chi connectivity index (χ1v) is 8.20. The molecule has 0 amide bonds. The summed E-state index contributed by atoms with van der Waals surface area (Å²) in [5, 5.41) is 0. The van der Waals surface area contributed by atoms with Gasteiger partial charge in [-0.2, -0.15) is 0 Å². The van der Waals surface area contributed by atoms with Gasteiger partial charge in [0.05, 0.1) is 20.0 Å². The Morgan fingerprint density at radius 2 is 2.09 bits per heavy atom. The van der Waals surface area contributed by atoms with Crippen molar-refractivity contribution in [2.45, 2.75) is 13.8 Å². The third kappa shape index (κ3) is 3.03. The smallest absolute Gasteiger partial charge is 0.187 e. The van der Waals surface area contributed by atoms with Crippen LogP contribution in [0.15, 0.2) is 22.1 Å². The molecular formula is C17H24N4O2. The number of amidine groups is 1. The summed E-state index contributed by atoms with van der Waals surface area (Å²) in [5.41, 5.74) is 1.82. The van der Waals surface area contributed by atoms with Crippen LogP contribution in [0.25, 0.3) is 0 Å². The van der Waals surface area contributed by atoms with Crippen LogP contribution in [-0.4, -0.2) is 68.4 Å². The summed E-state index contributed by atoms with van der Waals surface area (Å²) in [5.74, 6) is 2.40. The standard InChI is InChI=1S/C17H24N4O2/c1-4-20(5-2)10-11-23-14-7-6-13-15(16(14)22-3)19-12-21-9-8-18-17(13)21/h6-7,12H,4-5,8-11H2,1-3H3. The average molecular weight is 316 g/mol. The first-order chi connectivity index (χ1) is 11.3. The third-order valence-electron chi connectivity index (χ3n) is 4.30. The van der Waals surface area contributed by atoms with Crippen molar-refractivity contribution in [1.82, 2.24) is 9.80 Å². The zero-order valence-electron chi connectivity index (χ0n) is 14.1. The van der Waals surface area contributed by atoms with Crippen LogP contribution in [0.2, 0.25) is 0 Å². The van der Waals surface area contributed by atoms with Gasteiger partial charge in [-0.05, 0) is 25.2 Å². The second-order valence-electron chi connectivity index (χ2n) is 5.51. The summed E-state index contributed by atoms with van der Waals surface area (Å²) < 4.78 is 11.5. The van der Waals surface area contributed by atoms with Gasteiger partial charge in [0.2, 0.25) is 0 Å². The van der Waals surface area contributed by atoms with E-state index in [2.05, 4.69) is 33.6 Å².